The molecule has 0 radical (unpaired) electrons. The van der Waals surface area contributed by atoms with Crippen molar-refractivity contribution in [1.82, 2.24) is 15.1 Å². The predicted octanol–water partition coefficient (Wildman–Crippen LogP) is 6.07. The van der Waals surface area contributed by atoms with Gasteiger partial charge in [-0.3, -0.25) is 4.79 Å². The van der Waals surface area contributed by atoms with E-state index in [2.05, 4.69) is 31.3 Å². The highest BCUT2D eigenvalue weighted by Gasteiger charge is 2.28. The predicted molar refractivity (Wildman–Crippen MR) is 132 cm³/mol. The average Bonchev–Trinajstić information content (AvgIpc) is 3.25. The number of hydrogen-bond acceptors (Lipinski definition) is 3. The summed E-state index contributed by atoms with van der Waals surface area (Å²) in [4.78, 5) is 13.8. The SMILES string of the molecule is COc1c(C(=O)NC(CC(C)C)c2ccccc2)c(-c2ccccc2)nn1-c1ccccc1. The number of rotatable bonds is 8. The van der Waals surface area contributed by atoms with Crippen LogP contribution in [0.25, 0.3) is 16.9 Å². The Bertz CT molecular complexity index is 1190. The van der Waals surface area contributed by atoms with Crippen LogP contribution >= 0.6 is 0 Å². The van der Waals surface area contributed by atoms with Crippen LogP contribution in [-0.2, 0) is 0 Å². The zero-order valence-electron chi connectivity index (χ0n) is 19.2. The first-order chi connectivity index (χ1) is 16.1. The minimum atomic E-state index is -0.206. The lowest BCUT2D eigenvalue weighted by Gasteiger charge is -2.21. The summed E-state index contributed by atoms with van der Waals surface area (Å²) >= 11 is 0. The smallest absolute Gasteiger partial charge is 0.259 e. The van der Waals surface area contributed by atoms with Crippen LogP contribution < -0.4 is 10.1 Å². The van der Waals surface area contributed by atoms with E-state index in [9.17, 15) is 4.79 Å². The van der Waals surface area contributed by atoms with E-state index < -0.39 is 0 Å². The minimum Gasteiger partial charge on any atom is -0.480 e. The number of carbonyl (C=O) groups is 1. The summed E-state index contributed by atoms with van der Waals surface area (Å²) in [6.07, 6.45) is 0.825. The third-order valence-electron chi connectivity index (χ3n) is 5.53. The van der Waals surface area contributed by atoms with E-state index in [1.165, 1.54) is 0 Å². The molecule has 3 aromatic carbocycles. The van der Waals surface area contributed by atoms with Crippen molar-refractivity contribution in [3.05, 3.63) is 102 Å². The number of nitrogens with one attached hydrogen (secondary N) is 1. The zero-order valence-corrected chi connectivity index (χ0v) is 19.2. The average molecular weight is 440 g/mol. The molecule has 5 heteroatoms. The molecular weight excluding hydrogens is 410 g/mol. The molecule has 0 aliphatic rings. The molecule has 5 nitrogen and oxygen atoms in total. The molecule has 4 aromatic rings. The Kier molecular flexibility index (Phi) is 6.89. The van der Waals surface area contributed by atoms with Crippen LogP contribution in [0.3, 0.4) is 0 Å². The maximum absolute atomic E-state index is 13.8. The molecule has 4 rings (SSSR count). The van der Waals surface area contributed by atoms with Gasteiger partial charge >= 0.3 is 0 Å². The molecule has 0 aliphatic carbocycles. The number of ether oxygens (including phenoxy) is 1. The quantitative estimate of drug-likeness (QED) is 0.363. The summed E-state index contributed by atoms with van der Waals surface area (Å²) in [6, 6.07) is 29.4. The maximum Gasteiger partial charge on any atom is 0.259 e. The molecule has 1 unspecified atom stereocenters. The first-order valence-corrected chi connectivity index (χ1v) is 11.2. The summed E-state index contributed by atoms with van der Waals surface area (Å²) in [6.45, 7) is 4.32. The molecular formula is C28H29N3O2. The normalized spacial score (nSPS) is 11.9. The lowest BCUT2D eigenvalue weighted by Crippen LogP contribution is -2.30. The number of methoxy groups -OCH3 is 1. The second kappa shape index (κ2) is 10.2. The van der Waals surface area contributed by atoms with Crippen molar-refractivity contribution in [3.8, 4) is 22.8 Å². The van der Waals surface area contributed by atoms with Gasteiger partial charge in [0.15, 0.2) is 0 Å². The summed E-state index contributed by atoms with van der Waals surface area (Å²) in [5.74, 6) is 0.620. The molecule has 0 fully saturated rings. The minimum absolute atomic E-state index is 0.118. The number of hydrogen-bond donors (Lipinski definition) is 1. The fourth-order valence-electron chi connectivity index (χ4n) is 4.00. The van der Waals surface area contributed by atoms with Gasteiger partial charge in [0.05, 0.1) is 18.8 Å². The number of carbonyl (C=O) groups excluding carboxylic acids is 1. The van der Waals surface area contributed by atoms with E-state index in [1.54, 1.807) is 11.8 Å². The topological polar surface area (TPSA) is 56.1 Å². The van der Waals surface area contributed by atoms with Crippen molar-refractivity contribution < 1.29 is 9.53 Å². The fourth-order valence-corrected chi connectivity index (χ4v) is 4.00. The van der Waals surface area contributed by atoms with Gasteiger partial charge in [0.1, 0.15) is 11.3 Å². The van der Waals surface area contributed by atoms with Crippen LogP contribution in [0.15, 0.2) is 91.0 Å². The van der Waals surface area contributed by atoms with Gasteiger partial charge in [-0.2, -0.15) is 9.78 Å². The van der Waals surface area contributed by atoms with Crippen molar-refractivity contribution in [2.45, 2.75) is 26.3 Å². The van der Waals surface area contributed by atoms with Crippen LogP contribution in [0.4, 0.5) is 0 Å². The van der Waals surface area contributed by atoms with E-state index in [0.29, 0.717) is 23.1 Å². The molecule has 1 amide bonds. The van der Waals surface area contributed by atoms with Crippen LogP contribution in [-0.4, -0.2) is 22.8 Å². The van der Waals surface area contributed by atoms with E-state index in [-0.39, 0.29) is 11.9 Å². The van der Waals surface area contributed by atoms with Crippen LogP contribution in [0, 0.1) is 5.92 Å². The van der Waals surface area contributed by atoms with Crippen LogP contribution in [0.2, 0.25) is 0 Å². The van der Waals surface area contributed by atoms with Crippen molar-refractivity contribution in [2.24, 2.45) is 5.92 Å². The van der Waals surface area contributed by atoms with Gasteiger partial charge < -0.3 is 10.1 Å². The number of para-hydroxylation sites is 1. The highest BCUT2D eigenvalue weighted by molar-refractivity contribution is 6.02. The van der Waals surface area contributed by atoms with Gasteiger partial charge in [0.25, 0.3) is 5.91 Å². The van der Waals surface area contributed by atoms with Crippen LogP contribution in [0.5, 0.6) is 5.88 Å². The van der Waals surface area contributed by atoms with Crippen molar-refractivity contribution in [3.63, 3.8) is 0 Å². The Morgan fingerprint density at radius 1 is 0.909 bits per heavy atom. The Morgan fingerprint density at radius 3 is 2.06 bits per heavy atom. The van der Waals surface area contributed by atoms with Gasteiger partial charge in [-0.1, -0.05) is 92.7 Å². The Hall–Kier alpha value is -3.86. The third kappa shape index (κ3) is 4.98. The van der Waals surface area contributed by atoms with E-state index in [1.807, 2.05) is 78.9 Å². The number of aromatic nitrogens is 2. The molecule has 1 N–H and O–H groups in total. The molecule has 0 aliphatic heterocycles. The van der Waals surface area contributed by atoms with Crippen molar-refractivity contribution >= 4 is 5.91 Å². The van der Waals surface area contributed by atoms with E-state index in [4.69, 9.17) is 9.84 Å². The number of amides is 1. The van der Waals surface area contributed by atoms with Crippen molar-refractivity contribution in [2.75, 3.05) is 7.11 Å². The highest BCUT2D eigenvalue weighted by atomic mass is 16.5. The second-order valence-corrected chi connectivity index (χ2v) is 8.41. The van der Waals surface area contributed by atoms with Gasteiger partial charge in [0.2, 0.25) is 5.88 Å². The van der Waals surface area contributed by atoms with Crippen LogP contribution in [0.1, 0.15) is 42.2 Å². The Labute approximate surface area is 195 Å². The summed E-state index contributed by atoms with van der Waals surface area (Å²) in [5, 5.41) is 8.07. The maximum atomic E-state index is 13.8. The molecule has 0 bridgehead atoms. The Balaban J connectivity index is 1.81. The molecule has 0 spiro atoms. The van der Waals surface area contributed by atoms with Gasteiger partial charge in [-0.05, 0) is 30.0 Å². The second-order valence-electron chi connectivity index (χ2n) is 8.41. The molecule has 1 heterocycles. The number of nitrogens with zero attached hydrogens (tertiary/aromatic N) is 2. The molecule has 1 aromatic heterocycles. The van der Waals surface area contributed by atoms with Gasteiger partial charge in [-0.25, -0.2) is 0 Å². The molecule has 33 heavy (non-hydrogen) atoms. The lowest BCUT2D eigenvalue weighted by atomic mass is 9.96. The van der Waals surface area contributed by atoms with E-state index >= 15 is 0 Å². The summed E-state index contributed by atoms with van der Waals surface area (Å²) in [7, 11) is 1.57. The molecule has 0 saturated carbocycles. The summed E-state index contributed by atoms with van der Waals surface area (Å²) < 4.78 is 7.45. The van der Waals surface area contributed by atoms with E-state index in [0.717, 1.165) is 23.2 Å². The Morgan fingerprint density at radius 2 is 1.48 bits per heavy atom. The van der Waals surface area contributed by atoms with Gasteiger partial charge in [-0.15, -0.1) is 0 Å². The third-order valence-corrected chi connectivity index (χ3v) is 5.53. The summed E-state index contributed by atoms with van der Waals surface area (Å²) in [5.41, 5.74) is 3.78. The molecule has 168 valence electrons. The standard InChI is InChI=1S/C28H29N3O2/c1-20(2)19-24(21-13-7-4-8-14-21)29-27(32)25-26(22-15-9-5-10-16-22)30-31(28(25)33-3)23-17-11-6-12-18-23/h4-18,20,24H,19H2,1-3H3,(H,29,32). The monoisotopic (exact) mass is 439 g/mol. The zero-order chi connectivity index (χ0) is 23.2. The fraction of sp³-hybridized carbons (Fsp3) is 0.214. The lowest BCUT2D eigenvalue weighted by molar-refractivity contribution is 0.0929. The number of benzene rings is 3. The first-order valence-electron chi connectivity index (χ1n) is 11.2. The highest BCUT2D eigenvalue weighted by Crippen LogP contribution is 2.33. The molecule has 0 saturated heterocycles. The first kappa shape index (κ1) is 22.3. The van der Waals surface area contributed by atoms with Crippen molar-refractivity contribution in [1.29, 1.82) is 0 Å². The van der Waals surface area contributed by atoms with Gasteiger partial charge in [0, 0.05) is 5.56 Å². The largest absolute Gasteiger partial charge is 0.480 e. The molecule has 1 atom stereocenters.